The van der Waals surface area contributed by atoms with Crippen LogP contribution >= 0.6 is 0 Å². The molecule has 0 aliphatic rings. The van der Waals surface area contributed by atoms with Crippen LogP contribution in [0.1, 0.15) is 50.2 Å². The molecule has 0 fully saturated rings. The fraction of sp³-hybridized carbons (Fsp3) is 0.250. The maximum absolute atomic E-state index is 12.9. The van der Waals surface area contributed by atoms with Crippen LogP contribution in [-0.2, 0) is 16.6 Å². The Kier molecular flexibility index (Phi) is 6.34. The lowest BCUT2D eigenvalue weighted by molar-refractivity contribution is -0.123. The first-order valence-corrected chi connectivity index (χ1v) is 9.91. The third-order valence-corrected chi connectivity index (χ3v) is 5.12. The standard InChI is InChI=1S/C24H25N3O4/c1-14-10-12-18(13-11-14)22(28)19-8-6-7-9-20(19)24(30)31-17(4)23(29)25-21-15(2)26-27(5)16(21)3/h6-13,17H,1-5H3,(H,25,29)/t17-/m1/s1. The van der Waals surface area contributed by atoms with Crippen LogP contribution < -0.4 is 5.32 Å². The molecule has 1 N–H and O–H groups in total. The van der Waals surface area contributed by atoms with Gasteiger partial charge in [-0.25, -0.2) is 4.79 Å². The van der Waals surface area contributed by atoms with E-state index < -0.39 is 18.0 Å². The number of nitrogens with one attached hydrogen (secondary N) is 1. The van der Waals surface area contributed by atoms with Gasteiger partial charge in [-0.2, -0.15) is 5.10 Å². The van der Waals surface area contributed by atoms with E-state index in [2.05, 4.69) is 10.4 Å². The Labute approximate surface area is 181 Å². The van der Waals surface area contributed by atoms with E-state index in [9.17, 15) is 14.4 Å². The molecule has 3 aromatic rings. The molecule has 0 unspecified atom stereocenters. The lowest BCUT2D eigenvalue weighted by atomic mass is 9.98. The van der Waals surface area contributed by atoms with Crippen LogP contribution in [0.25, 0.3) is 0 Å². The number of carbonyl (C=O) groups excluding carboxylic acids is 3. The molecule has 31 heavy (non-hydrogen) atoms. The monoisotopic (exact) mass is 419 g/mol. The molecule has 7 nitrogen and oxygen atoms in total. The number of hydrogen-bond acceptors (Lipinski definition) is 5. The average molecular weight is 419 g/mol. The molecule has 1 heterocycles. The Bertz CT molecular complexity index is 1150. The second-order valence-electron chi connectivity index (χ2n) is 7.45. The van der Waals surface area contributed by atoms with E-state index in [4.69, 9.17) is 4.74 Å². The van der Waals surface area contributed by atoms with Gasteiger partial charge < -0.3 is 10.1 Å². The van der Waals surface area contributed by atoms with Crippen molar-refractivity contribution in [2.45, 2.75) is 33.8 Å². The minimum Gasteiger partial charge on any atom is -0.449 e. The van der Waals surface area contributed by atoms with Crippen molar-refractivity contribution in [2.75, 3.05) is 5.32 Å². The van der Waals surface area contributed by atoms with Crippen LogP contribution in [0.4, 0.5) is 5.69 Å². The molecule has 0 bridgehead atoms. The van der Waals surface area contributed by atoms with E-state index in [-0.39, 0.29) is 16.9 Å². The first kappa shape index (κ1) is 22.0. The minimum atomic E-state index is -1.06. The number of rotatable bonds is 6. The molecule has 1 atom stereocenters. The molecule has 0 spiro atoms. The summed E-state index contributed by atoms with van der Waals surface area (Å²) in [6.07, 6.45) is -1.06. The van der Waals surface area contributed by atoms with Crippen LogP contribution in [-0.4, -0.2) is 33.5 Å². The van der Waals surface area contributed by atoms with Gasteiger partial charge in [-0.3, -0.25) is 14.3 Å². The van der Waals surface area contributed by atoms with Gasteiger partial charge in [0.2, 0.25) is 0 Å². The van der Waals surface area contributed by atoms with Crippen LogP contribution in [0.5, 0.6) is 0 Å². The lowest BCUT2D eigenvalue weighted by Crippen LogP contribution is -2.30. The smallest absolute Gasteiger partial charge is 0.339 e. The number of anilines is 1. The molecule has 7 heteroatoms. The van der Waals surface area contributed by atoms with Crippen molar-refractivity contribution in [1.29, 1.82) is 0 Å². The number of nitrogens with zero attached hydrogens (tertiary/aromatic N) is 2. The van der Waals surface area contributed by atoms with Crippen molar-refractivity contribution in [3.63, 3.8) is 0 Å². The topological polar surface area (TPSA) is 90.3 Å². The number of ether oxygens (including phenoxy) is 1. The fourth-order valence-corrected chi connectivity index (χ4v) is 3.18. The summed E-state index contributed by atoms with van der Waals surface area (Å²) in [6, 6.07) is 13.5. The number of hydrogen-bond donors (Lipinski definition) is 1. The van der Waals surface area contributed by atoms with Crippen molar-refractivity contribution in [3.05, 3.63) is 82.2 Å². The molecule has 0 aliphatic heterocycles. The molecule has 1 aromatic heterocycles. The van der Waals surface area contributed by atoms with E-state index in [1.807, 2.05) is 26.0 Å². The third kappa shape index (κ3) is 4.71. The molecular formula is C24H25N3O4. The third-order valence-electron chi connectivity index (χ3n) is 5.12. The normalized spacial score (nSPS) is 11.6. The molecule has 1 amide bonds. The predicted octanol–water partition coefficient (Wildman–Crippen LogP) is 3.76. The summed E-state index contributed by atoms with van der Waals surface area (Å²) in [5.41, 5.74) is 3.89. The highest BCUT2D eigenvalue weighted by molar-refractivity contribution is 6.14. The molecule has 160 valence electrons. The van der Waals surface area contributed by atoms with Gasteiger partial charge >= 0.3 is 5.97 Å². The highest BCUT2D eigenvalue weighted by Gasteiger charge is 2.24. The average Bonchev–Trinajstić information content (AvgIpc) is 2.99. The van der Waals surface area contributed by atoms with E-state index in [0.29, 0.717) is 16.9 Å². The molecule has 0 aliphatic carbocycles. The van der Waals surface area contributed by atoms with Crippen molar-refractivity contribution in [1.82, 2.24) is 9.78 Å². The zero-order chi connectivity index (χ0) is 22.7. The van der Waals surface area contributed by atoms with Crippen molar-refractivity contribution < 1.29 is 19.1 Å². The molecule has 3 rings (SSSR count). The number of benzene rings is 2. The fourth-order valence-electron chi connectivity index (χ4n) is 3.18. The van der Waals surface area contributed by atoms with Crippen LogP contribution in [0.3, 0.4) is 0 Å². The van der Waals surface area contributed by atoms with Gasteiger partial charge in [-0.05, 0) is 33.8 Å². The SMILES string of the molecule is Cc1ccc(C(=O)c2ccccc2C(=O)O[C@H](C)C(=O)Nc2c(C)nn(C)c2C)cc1. The largest absolute Gasteiger partial charge is 0.449 e. The Morgan fingerprint density at radius 3 is 2.16 bits per heavy atom. The molecule has 0 saturated heterocycles. The van der Waals surface area contributed by atoms with Gasteiger partial charge in [0.25, 0.3) is 5.91 Å². The summed E-state index contributed by atoms with van der Waals surface area (Å²) in [4.78, 5) is 38.3. The number of carbonyl (C=O) groups is 3. The number of esters is 1. The Balaban J connectivity index is 1.76. The van der Waals surface area contributed by atoms with Crippen molar-refractivity contribution in [3.8, 4) is 0 Å². The summed E-state index contributed by atoms with van der Waals surface area (Å²) in [5, 5.41) is 7.01. The van der Waals surface area contributed by atoms with Crippen molar-refractivity contribution in [2.24, 2.45) is 7.05 Å². The Morgan fingerprint density at radius 1 is 0.968 bits per heavy atom. The van der Waals surface area contributed by atoms with E-state index in [1.165, 1.54) is 13.0 Å². The van der Waals surface area contributed by atoms with Gasteiger partial charge in [0.05, 0.1) is 22.6 Å². The Morgan fingerprint density at radius 2 is 1.58 bits per heavy atom. The number of aromatic nitrogens is 2. The number of aryl methyl sites for hydroxylation is 3. The van der Waals surface area contributed by atoms with Crippen LogP contribution in [0.15, 0.2) is 48.5 Å². The second-order valence-corrected chi connectivity index (χ2v) is 7.45. The van der Waals surface area contributed by atoms with Crippen LogP contribution in [0, 0.1) is 20.8 Å². The molecule has 0 saturated carbocycles. The predicted molar refractivity (Wildman–Crippen MR) is 117 cm³/mol. The highest BCUT2D eigenvalue weighted by atomic mass is 16.5. The van der Waals surface area contributed by atoms with Gasteiger partial charge in [-0.1, -0.05) is 48.0 Å². The summed E-state index contributed by atoms with van der Waals surface area (Å²) in [6.45, 7) is 7.03. The van der Waals surface area contributed by atoms with E-state index >= 15 is 0 Å². The molecule has 0 radical (unpaired) electrons. The number of ketones is 1. The second kappa shape index (κ2) is 8.95. The van der Waals surface area contributed by atoms with E-state index in [1.54, 1.807) is 49.0 Å². The Hall–Kier alpha value is -3.74. The first-order valence-electron chi connectivity index (χ1n) is 9.91. The van der Waals surface area contributed by atoms with Gasteiger partial charge in [0.15, 0.2) is 11.9 Å². The zero-order valence-electron chi connectivity index (χ0n) is 18.2. The van der Waals surface area contributed by atoms with Crippen LogP contribution in [0.2, 0.25) is 0 Å². The number of amides is 1. The first-order chi connectivity index (χ1) is 14.7. The summed E-state index contributed by atoms with van der Waals surface area (Å²) >= 11 is 0. The van der Waals surface area contributed by atoms with Gasteiger partial charge in [-0.15, -0.1) is 0 Å². The zero-order valence-corrected chi connectivity index (χ0v) is 18.2. The molecule has 2 aromatic carbocycles. The maximum Gasteiger partial charge on any atom is 0.339 e. The summed E-state index contributed by atoms with van der Waals surface area (Å²) in [7, 11) is 1.78. The van der Waals surface area contributed by atoms with Gasteiger partial charge in [0, 0.05) is 18.2 Å². The maximum atomic E-state index is 12.9. The summed E-state index contributed by atoms with van der Waals surface area (Å²) in [5.74, 6) is -1.50. The minimum absolute atomic E-state index is 0.112. The highest BCUT2D eigenvalue weighted by Crippen LogP contribution is 2.20. The molecular weight excluding hydrogens is 394 g/mol. The quantitative estimate of drug-likeness (QED) is 0.485. The summed E-state index contributed by atoms with van der Waals surface area (Å²) < 4.78 is 7.03. The van der Waals surface area contributed by atoms with Gasteiger partial charge in [0.1, 0.15) is 0 Å². The lowest BCUT2D eigenvalue weighted by Gasteiger charge is -2.15. The van der Waals surface area contributed by atoms with Crippen molar-refractivity contribution >= 4 is 23.3 Å². The van der Waals surface area contributed by atoms with E-state index in [0.717, 1.165) is 11.3 Å².